The maximum atomic E-state index is 13.3. The van der Waals surface area contributed by atoms with Gasteiger partial charge in [-0.15, -0.1) is 0 Å². The van der Waals surface area contributed by atoms with Crippen LogP contribution in [0.4, 0.5) is 0 Å². The molecule has 0 aromatic rings. The zero-order chi connectivity index (χ0) is 19.6. The monoisotopic (exact) mass is 372 g/mol. The molecule has 4 aliphatic carbocycles. The Hall–Kier alpha value is -1.45. The molecule has 0 N–H and O–H groups in total. The van der Waals surface area contributed by atoms with Gasteiger partial charge in [0, 0.05) is 18.9 Å². The van der Waals surface area contributed by atoms with Crippen LogP contribution in [-0.2, 0) is 19.1 Å². The molecular weight excluding hydrogens is 340 g/mol. The molecule has 0 bridgehead atoms. The van der Waals surface area contributed by atoms with E-state index in [4.69, 9.17) is 4.74 Å². The second-order valence-electron chi connectivity index (χ2n) is 9.90. The van der Waals surface area contributed by atoms with Gasteiger partial charge < -0.3 is 4.74 Å². The number of ether oxygens (including phenoxy) is 1. The highest BCUT2D eigenvalue weighted by molar-refractivity contribution is 6.04. The van der Waals surface area contributed by atoms with Crippen molar-refractivity contribution < 1.29 is 19.1 Å². The molecule has 3 saturated carbocycles. The highest BCUT2D eigenvalue weighted by atomic mass is 16.5. The van der Waals surface area contributed by atoms with Gasteiger partial charge in [0.25, 0.3) is 0 Å². The standard InChI is InChI=1S/C23H32O4/c1-13(24)18-7-8-19-17-6-5-15-11-16(27-14(2)25)9-10-22(15,3)20(17)12-21(26)23(18,19)4/h7,15-17,19-20H,5-6,8-12H2,1-4H3/t15-,16+,17+,19-,20+,22-,23+/m0/s1. The molecule has 0 unspecified atom stereocenters. The van der Waals surface area contributed by atoms with Crippen molar-refractivity contribution in [3.8, 4) is 0 Å². The van der Waals surface area contributed by atoms with E-state index in [2.05, 4.69) is 13.0 Å². The van der Waals surface area contributed by atoms with Crippen molar-refractivity contribution in [2.24, 2.45) is 34.5 Å². The van der Waals surface area contributed by atoms with E-state index in [9.17, 15) is 14.4 Å². The van der Waals surface area contributed by atoms with Crippen LogP contribution >= 0.6 is 0 Å². The molecule has 3 fully saturated rings. The van der Waals surface area contributed by atoms with Gasteiger partial charge in [0.2, 0.25) is 0 Å². The molecule has 0 aliphatic heterocycles. The number of rotatable bonds is 2. The van der Waals surface area contributed by atoms with Gasteiger partial charge in [-0.3, -0.25) is 14.4 Å². The average molecular weight is 373 g/mol. The predicted octanol–water partition coefficient (Wildman–Crippen LogP) is 4.27. The lowest BCUT2D eigenvalue weighted by Crippen LogP contribution is -2.57. The summed E-state index contributed by atoms with van der Waals surface area (Å²) in [6, 6.07) is 0. The fourth-order valence-corrected chi connectivity index (χ4v) is 7.38. The number of esters is 1. The van der Waals surface area contributed by atoms with Crippen LogP contribution in [0.15, 0.2) is 11.6 Å². The molecule has 4 aliphatic rings. The first-order valence-electron chi connectivity index (χ1n) is 10.6. The van der Waals surface area contributed by atoms with E-state index in [-0.39, 0.29) is 35.0 Å². The summed E-state index contributed by atoms with van der Waals surface area (Å²) in [4.78, 5) is 36.9. The Balaban J connectivity index is 1.60. The summed E-state index contributed by atoms with van der Waals surface area (Å²) in [5.41, 5.74) is 0.350. The minimum absolute atomic E-state index is 0.0409. The van der Waals surface area contributed by atoms with Crippen molar-refractivity contribution in [1.29, 1.82) is 0 Å². The van der Waals surface area contributed by atoms with Crippen molar-refractivity contribution in [1.82, 2.24) is 0 Å². The summed E-state index contributed by atoms with van der Waals surface area (Å²) in [6.07, 6.45) is 8.72. The first-order chi connectivity index (χ1) is 12.7. The van der Waals surface area contributed by atoms with E-state index in [1.165, 1.54) is 6.92 Å². The van der Waals surface area contributed by atoms with E-state index in [1.807, 2.05) is 6.92 Å². The Labute approximate surface area is 162 Å². The highest BCUT2D eigenvalue weighted by Crippen LogP contribution is 2.65. The summed E-state index contributed by atoms with van der Waals surface area (Å²) < 4.78 is 5.52. The van der Waals surface area contributed by atoms with Gasteiger partial charge in [0.05, 0.1) is 5.41 Å². The van der Waals surface area contributed by atoms with Gasteiger partial charge >= 0.3 is 5.97 Å². The van der Waals surface area contributed by atoms with E-state index in [0.29, 0.717) is 24.2 Å². The van der Waals surface area contributed by atoms with Gasteiger partial charge in [-0.25, -0.2) is 0 Å². The maximum absolute atomic E-state index is 13.3. The Morgan fingerprint density at radius 1 is 1.11 bits per heavy atom. The number of Topliss-reactive ketones (excluding diaryl/α,β-unsaturated/α-hetero) is 2. The Kier molecular flexibility index (Phi) is 4.40. The molecule has 4 heteroatoms. The first-order valence-corrected chi connectivity index (χ1v) is 10.6. The van der Waals surface area contributed by atoms with Crippen LogP contribution in [0.3, 0.4) is 0 Å². The molecule has 4 rings (SSSR count). The number of fused-ring (bicyclic) bond motifs is 5. The molecule has 148 valence electrons. The van der Waals surface area contributed by atoms with Crippen LogP contribution in [0.2, 0.25) is 0 Å². The topological polar surface area (TPSA) is 60.4 Å². The Morgan fingerprint density at radius 3 is 2.52 bits per heavy atom. The zero-order valence-corrected chi connectivity index (χ0v) is 17.0. The number of ketones is 2. The third-order valence-electron chi connectivity index (χ3n) is 8.79. The number of allylic oxidation sites excluding steroid dienone is 2. The van der Waals surface area contributed by atoms with Crippen LogP contribution in [0.25, 0.3) is 0 Å². The predicted molar refractivity (Wildman–Crippen MR) is 102 cm³/mol. The fraction of sp³-hybridized carbons (Fsp3) is 0.783. The minimum atomic E-state index is -0.564. The van der Waals surface area contributed by atoms with Crippen molar-refractivity contribution in [2.75, 3.05) is 0 Å². The van der Waals surface area contributed by atoms with Crippen molar-refractivity contribution in [3.05, 3.63) is 11.6 Å². The summed E-state index contributed by atoms with van der Waals surface area (Å²) in [6.45, 7) is 7.50. The lowest BCUT2D eigenvalue weighted by Gasteiger charge is -2.60. The molecule has 0 heterocycles. The molecule has 0 saturated heterocycles. The summed E-state index contributed by atoms with van der Waals surface area (Å²) in [7, 11) is 0. The third kappa shape index (κ3) is 2.66. The molecule has 27 heavy (non-hydrogen) atoms. The quantitative estimate of drug-likeness (QED) is 0.679. The first kappa shape index (κ1) is 18.9. The molecule has 0 aromatic heterocycles. The number of hydrogen-bond acceptors (Lipinski definition) is 4. The lowest BCUT2D eigenvalue weighted by atomic mass is 9.44. The Morgan fingerprint density at radius 2 is 1.85 bits per heavy atom. The van der Waals surface area contributed by atoms with Gasteiger partial charge in [-0.1, -0.05) is 13.0 Å². The molecular formula is C23H32O4. The SMILES string of the molecule is CC(=O)O[C@@H]1CC[C@@]2(C)[C@@H](CC[C@H]3[C@H]2CC(=O)[C@]2(C)C(C(C)=O)=CC[C@@H]32)C1. The molecule has 7 atom stereocenters. The van der Waals surface area contributed by atoms with E-state index in [0.717, 1.165) is 44.1 Å². The second kappa shape index (κ2) is 6.28. The van der Waals surface area contributed by atoms with Crippen LogP contribution < -0.4 is 0 Å². The molecule has 0 radical (unpaired) electrons. The molecule has 0 spiro atoms. The van der Waals surface area contributed by atoms with Crippen LogP contribution in [-0.4, -0.2) is 23.6 Å². The fourth-order valence-electron chi connectivity index (χ4n) is 7.38. The van der Waals surface area contributed by atoms with Crippen LogP contribution in [0.1, 0.15) is 72.6 Å². The van der Waals surface area contributed by atoms with Gasteiger partial charge in [-0.2, -0.15) is 0 Å². The van der Waals surface area contributed by atoms with Gasteiger partial charge in [-0.05, 0) is 81.5 Å². The number of carbonyl (C=O) groups excluding carboxylic acids is 3. The average Bonchev–Trinajstić information content (AvgIpc) is 2.95. The van der Waals surface area contributed by atoms with E-state index < -0.39 is 5.41 Å². The van der Waals surface area contributed by atoms with Gasteiger partial charge in [0.1, 0.15) is 11.9 Å². The number of carbonyl (C=O) groups is 3. The summed E-state index contributed by atoms with van der Waals surface area (Å²) in [5, 5.41) is 0. The lowest BCUT2D eigenvalue weighted by molar-refractivity contribution is -0.163. The smallest absolute Gasteiger partial charge is 0.302 e. The number of hydrogen-bond donors (Lipinski definition) is 0. The van der Waals surface area contributed by atoms with Crippen LogP contribution in [0, 0.1) is 34.5 Å². The summed E-state index contributed by atoms with van der Waals surface area (Å²) in [5.74, 6) is 1.88. The maximum Gasteiger partial charge on any atom is 0.302 e. The van der Waals surface area contributed by atoms with Gasteiger partial charge in [0.15, 0.2) is 5.78 Å². The summed E-state index contributed by atoms with van der Waals surface area (Å²) >= 11 is 0. The molecule has 0 aromatic carbocycles. The normalized spacial score (nSPS) is 46.0. The van der Waals surface area contributed by atoms with Crippen molar-refractivity contribution in [3.63, 3.8) is 0 Å². The van der Waals surface area contributed by atoms with E-state index in [1.54, 1.807) is 6.92 Å². The minimum Gasteiger partial charge on any atom is -0.463 e. The van der Waals surface area contributed by atoms with Crippen molar-refractivity contribution >= 4 is 17.5 Å². The van der Waals surface area contributed by atoms with E-state index >= 15 is 0 Å². The molecule has 0 amide bonds. The molecule has 4 nitrogen and oxygen atoms in total. The Bertz CT molecular complexity index is 722. The van der Waals surface area contributed by atoms with Crippen molar-refractivity contribution in [2.45, 2.75) is 78.7 Å². The zero-order valence-electron chi connectivity index (χ0n) is 17.0. The highest BCUT2D eigenvalue weighted by Gasteiger charge is 2.62. The van der Waals surface area contributed by atoms with Crippen LogP contribution in [0.5, 0.6) is 0 Å². The largest absolute Gasteiger partial charge is 0.463 e. The third-order valence-corrected chi connectivity index (χ3v) is 8.79. The second-order valence-corrected chi connectivity index (χ2v) is 9.90.